The van der Waals surface area contributed by atoms with Gasteiger partial charge in [-0.3, -0.25) is 14.5 Å². The number of amides is 2. The average molecular weight is 367 g/mol. The van der Waals surface area contributed by atoms with E-state index in [1.54, 1.807) is 10.8 Å². The second kappa shape index (κ2) is 7.81. The Bertz CT molecular complexity index is 928. The number of benzene rings is 1. The number of imide groups is 1. The summed E-state index contributed by atoms with van der Waals surface area (Å²) in [6.07, 6.45) is 3.49. The summed E-state index contributed by atoms with van der Waals surface area (Å²) in [6.45, 7) is 6.01. The molecular formula is C18H21N7O2. The quantitative estimate of drug-likeness (QED) is 0.442. The molecule has 1 saturated heterocycles. The van der Waals surface area contributed by atoms with Crippen LogP contribution in [0.1, 0.15) is 19.8 Å². The fourth-order valence-corrected chi connectivity index (χ4v) is 2.88. The summed E-state index contributed by atoms with van der Waals surface area (Å²) in [5.41, 5.74) is 7.05. The van der Waals surface area contributed by atoms with Crippen LogP contribution in [-0.2, 0) is 9.59 Å². The number of aromatic nitrogens is 3. The lowest BCUT2D eigenvalue weighted by molar-refractivity contribution is -0.138. The second-order valence-electron chi connectivity index (χ2n) is 6.21. The number of hydrogen-bond donors (Lipinski definition) is 2. The molecule has 2 amide bonds. The minimum absolute atomic E-state index is 0.149. The summed E-state index contributed by atoms with van der Waals surface area (Å²) in [5, 5.41) is 11.3. The SMILES string of the molecule is C=C(N=C(/C=C\N)n1nnc2ccccc21)N[C@H](C)CN1C(=O)CCC1=O. The van der Waals surface area contributed by atoms with Gasteiger partial charge in [0.05, 0.1) is 5.52 Å². The Hall–Kier alpha value is -3.49. The number of carbonyl (C=O) groups is 2. The van der Waals surface area contributed by atoms with Gasteiger partial charge in [-0.2, -0.15) is 4.68 Å². The minimum Gasteiger partial charge on any atom is -0.404 e. The van der Waals surface area contributed by atoms with Gasteiger partial charge in [-0.15, -0.1) is 5.10 Å². The Kier molecular flexibility index (Phi) is 5.30. The highest BCUT2D eigenvalue weighted by Gasteiger charge is 2.29. The lowest BCUT2D eigenvalue weighted by Crippen LogP contribution is -2.41. The number of carbonyl (C=O) groups excluding carboxylic acids is 2. The van der Waals surface area contributed by atoms with E-state index in [1.165, 1.54) is 11.1 Å². The topological polar surface area (TPSA) is 118 Å². The zero-order chi connectivity index (χ0) is 19.4. The molecule has 3 rings (SSSR count). The molecule has 2 aromatic rings. The molecule has 9 nitrogen and oxygen atoms in total. The van der Waals surface area contributed by atoms with Gasteiger partial charge in [-0.25, -0.2) is 4.99 Å². The van der Waals surface area contributed by atoms with Crippen LogP contribution in [-0.4, -0.2) is 50.1 Å². The highest BCUT2D eigenvalue weighted by molar-refractivity contribution is 6.02. The van der Waals surface area contributed by atoms with Crippen molar-refractivity contribution in [2.45, 2.75) is 25.8 Å². The van der Waals surface area contributed by atoms with Crippen LogP contribution in [0.15, 0.2) is 53.9 Å². The van der Waals surface area contributed by atoms with Crippen molar-refractivity contribution >= 4 is 28.7 Å². The van der Waals surface area contributed by atoms with Crippen LogP contribution in [0.5, 0.6) is 0 Å². The Morgan fingerprint density at radius 2 is 2.07 bits per heavy atom. The van der Waals surface area contributed by atoms with Crippen molar-refractivity contribution in [3.8, 4) is 0 Å². The van der Waals surface area contributed by atoms with Crippen LogP contribution in [0.2, 0.25) is 0 Å². The van der Waals surface area contributed by atoms with Crippen LogP contribution in [0.3, 0.4) is 0 Å². The van der Waals surface area contributed by atoms with Crippen LogP contribution in [0.4, 0.5) is 0 Å². The van der Waals surface area contributed by atoms with Crippen LogP contribution in [0.25, 0.3) is 11.0 Å². The maximum absolute atomic E-state index is 11.7. The summed E-state index contributed by atoms with van der Waals surface area (Å²) in [4.78, 5) is 29.2. The summed E-state index contributed by atoms with van der Waals surface area (Å²) < 4.78 is 1.56. The Morgan fingerprint density at radius 3 is 2.78 bits per heavy atom. The molecule has 0 radical (unpaired) electrons. The number of allylic oxidation sites excluding steroid dienone is 1. The zero-order valence-electron chi connectivity index (χ0n) is 15.0. The third-order valence-corrected chi connectivity index (χ3v) is 4.09. The van der Waals surface area contributed by atoms with Crippen molar-refractivity contribution in [2.75, 3.05) is 6.54 Å². The van der Waals surface area contributed by atoms with Crippen molar-refractivity contribution in [3.63, 3.8) is 0 Å². The van der Waals surface area contributed by atoms with Gasteiger partial charge in [0.2, 0.25) is 11.8 Å². The van der Waals surface area contributed by atoms with E-state index >= 15 is 0 Å². The van der Waals surface area contributed by atoms with E-state index in [-0.39, 0.29) is 37.2 Å². The number of likely N-dealkylation sites (tertiary alicyclic amines) is 1. The maximum atomic E-state index is 11.7. The molecule has 2 heterocycles. The van der Waals surface area contributed by atoms with Crippen molar-refractivity contribution in [1.82, 2.24) is 25.2 Å². The van der Waals surface area contributed by atoms with E-state index in [9.17, 15) is 9.59 Å². The molecule has 140 valence electrons. The van der Waals surface area contributed by atoms with Gasteiger partial charge in [0, 0.05) is 25.4 Å². The number of fused-ring (bicyclic) bond motifs is 1. The van der Waals surface area contributed by atoms with Gasteiger partial charge in [0.1, 0.15) is 11.3 Å². The van der Waals surface area contributed by atoms with E-state index < -0.39 is 0 Å². The number of aliphatic imine (C=N–C) groups is 1. The molecule has 0 unspecified atom stereocenters. The molecule has 0 spiro atoms. The van der Waals surface area contributed by atoms with E-state index in [0.29, 0.717) is 11.7 Å². The highest BCUT2D eigenvalue weighted by atomic mass is 16.2. The van der Waals surface area contributed by atoms with Crippen molar-refractivity contribution in [1.29, 1.82) is 0 Å². The normalized spacial score (nSPS) is 16.5. The fraction of sp³-hybridized carbons (Fsp3) is 0.278. The zero-order valence-corrected chi connectivity index (χ0v) is 15.0. The molecule has 9 heteroatoms. The standard InChI is InChI=1S/C18H21N7O2/c1-12(11-24-17(26)7-8-18(24)27)20-13(2)21-16(9-10-19)25-15-6-4-3-5-14(15)22-23-25/h3-6,9-10,12,20H,2,7-8,11,19H2,1H3/b10-9-,21-16?/t12-/m1/s1. The molecule has 3 N–H and O–H groups in total. The first-order valence-corrected chi connectivity index (χ1v) is 8.56. The van der Waals surface area contributed by atoms with Gasteiger partial charge in [0.25, 0.3) is 0 Å². The van der Waals surface area contributed by atoms with Gasteiger partial charge >= 0.3 is 0 Å². The second-order valence-corrected chi connectivity index (χ2v) is 6.21. The first-order valence-electron chi connectivity index (χ1n) is 8.56. The molecule has 1 aliphatic heterocycles. The van der Waals surface area contributed by atoms with Crippen molar-refractivity contribution < 1.29 is 9.59 Å². The lowest BCUT2D eigenvalue weighted by atomic mass is 10.3. The molecule has 27 heavy (non-hydrogen) atoms. The molecule has 1 aromatic heterocycles. The first-order chi connectivity index (χ1) is 13.0. The van der Waals surface area contributed by atoms with Gasteiger partial charge in [-0.05, 0) is 31.3 Å². The number of rotatable bonds is 6. The Morgan fingerprint density at radius 1 is 1.37 bits per heavy atom. The Labute approximate surface area is 156 Å². The number of nitrogens with two attached hydrogens (primary N) is 1. The van der Waals surface area contributed by atoms with E-state index in [4.69, 9.17) is 5.73 Å². The van der Waals surface area contributed by atoms with E-state index in [0.717, 1.165) is 11.0 Å². The molecule has 1 aliphatic rings. The van der Waals surface area contributed by atoms with Crippen molar-refractivity contribution in [2.24, 2.45) is 10.7 Å². The maximum Gasteiger partial charge on any atom is 0.229 e. The smallest absolute Gasteiger partial charge is 0.229 e. The molecule has 1 atom stereocenters. The molecule has 0 aliphatic carbocycles. The number of nitrogens with zero attached hydrogens (tertiary/aromatic N) is 5. The van der Waals surface area contributed by atoms with Crippen LogP contribution in [0, 0.1) is 0 Å². The van der Waals surface area contributed by atoms with Gasteiger partial charge in [0.15, 0.2) is 5.84 Å². The van der Waals surface area contributed by atoms with E-state index in [1.807, 2.05) is 31.2 Å². The molecule has 0 saturated carbocycles. The molecule has 0 bridgehead atoms. The first kappa shape index (κ1) is 18.3. The van der Waals surface area contributed by atoms with Crippen molar-refractivity contribution in [3.05, 3.63) is 48.9 Å². The fourth-order valence-electron chi connectivity index (χ4n) is 2.88. The monoisotopic (exact) mass is 367 g/mol. The largest absolute Gasteiger partial charge is 0.404 e. The highest BCUT2D eigenvalue weighted by Crippen LogP contribution is 2.13. The third kappa shape index (κ3) is 4.02. The van der Waals surface area contributed by atoms with Crippen LogP contribution >= 0.6 is 0 Å². The summed E-state index contributed by atoms with van der Waals surface area (Å²) in [5.74, 6) is 0.491. The summed E-state index contributed by atoms with van der Waals surface area (Å²) >= 11 is 0. The van der Waals surface area contributed by atoms with Gasteiger partial charge < -0.3 is 11.1 Å². The number of para-hydroxylation sites is 1. The summed E-state index contributed by atoms with van der Waals surface area (Å²) in [7, 11) is 0. The molecular weight excluding hydrogens is 346 g/mol. The minimum atomic E-state index is -0.206. The predicted molar refractivity (Wildman–Crippen MR) is 101 cm³/mol. The number of nitrogens with one attached hydrogen (secondary N) is 1. The van der Waals surface area contributed by atoms with Gasteiger partial charge in [-0.1, -0.05) is 23.9 Å². The lowest BCUT2D eigenvalue weighted by Gasteiger charge is -2.21. The average Bonchev–Trinajstić information content (AvgIpc) is 3.20. The molecule has 1 aromatic carbocycles. The number of hydrogen-bond acceptors (Lipinski definition) is 7. The molecule has 1 fully saturated rings. The predicted octanol–water partition coefficient (Wildman–Crippen LogP) is 0.749. The Balaban J connectivity index is 1.75. The van der Waals surface area contributed by atoms with E-state index in [2.05, 4.69) is 27.2 Å². The summed E-state index contributed by atoms with van der Waals surface area (Å²) in [6, 6.07) is 7.27. The van der Waals surface area contributed by atoms with Crippen LogP contribution < -0.4 is 11.1 Å². The third-order valence-electron chi connectivity index (χ3n) is 4.09.